The second-order valence-electron chi connectivity index (χ2n) is 5.52. The van der Waals surface area contributed by atoms with Crippen LogP contribution in [0, 0.1) is 17.8 Å². The number of amides is 1. The van der Waals surface area contributed by atoms with Gasteiger partial charge in [0.2, 0.25) is 0 Å². The van der Waals surface area contributed by atoms with E-state index in [1.165, 1.54) is 31.9 Å². The molecule has 0 aliphatic heterocycles. The van der Waals surface area contributed by atoms with Crippen molar-refractivity contribution in [1.29, 1.82) is 0 Å². The van der Waals surface area contributed by atoms with Crippen LogP contribution < -0.4 is 11.1 Å². The molecule has 1 aromatic heterocycles. The van der Waals surface area contributed by atoms with Crippen LogP contribution in [-0.2, 0) is 0 Å². The lowest BCUT2D eigenvalue weighted by Crippen LogP contribution is -2.31. The first-order valence-corrected chi connectivity index (χ1v) is 6.74. The number of rotatable bonds is 5. The number of nitrogens with two attached hydrogens (primary N) is 1. The maximum Gasteiger partial charge on any atom is 0.252 e. The molecular formula is C14H19N3O. The van der Waals surface area contributed by atoms with Crippen LogP contribution in [0.25, 0.3) is 0 Å². The van der Waals surface area contributed by atoms with E-state index in [1.807, 2.05) is 0 Å². The maximum atomic E-state index is 12.0. The average Bonchev–Trinajstić information content (AvgIpc) is 3.24. The van der Waals surface area contributed by atoms with Crippen molar-refractivity contribution >= 4 is 11.7 Å². The summed E-state index contributed by atoms with van der Waals surface area (Å²) in [5.41, 5.74) is 6.09. The summed E-state index contributed by atoms with van der Waals surface area (Å²) >= 11 is 0. The smallest absolute Gasteiger partial charge is 0.252 e. The molecule has 96 valence electrons. The van der Waals surface area contributed by atoms with E-state index in [9.17, 15) is 4.79 Å². The maximum absolute atomic E-state index is 12.0. The number of carbonyl (C=O) groups excluding carboxylic acids is 1. The fraction of sp³-hybridized carbons (Fsp3) is 0.571. The van der Waals surface area contributed by atoms with Gasteiger partial charge in [-0.3, -0.25) is 4.79 Å². The minimum absolute atomic E-state index is 0.0335. The Balaban J connectivity index is 1.55. The summed E-state index contributed by atoms with van der Waals surface area (Å²) in [6, 6.07) is 3.38. The van der Waals surface area contributed by atoms with Crippen LogP contribution in [-0.4, -0.2) is 17.4 Å². The lowest BCUT2D eigenvalue weighted by atomic mass is 9.98. The Morgan fingerprint density at radius 3 is 2.50 bits per heavy atom. The van der Waals surface area contributed by atoms with E-state index >= 15 is 0 Å². The highest BCUT2D eigenvalue weighted by atomic mass is 16.1. The molecule has 0 radical (unpaired) electrons. The quantitative estimate of drug-likeness (QED) is 0.831. The molecule has 3 rings (SSSR count). The number of hydrogen-bond acceptors (Lipinski definition) is 3. The van der Waals surface area contributed by atoms with E-state index < -0.39 is 0 Å². The number of anilines is 1. The Hall–Kier alpha value is -1.58. The van der Waals surface area contributed by atoms with Crippen LogP contribution in [0.5, 0.6) is 0 Å². The summed E-state index contributed by atoms with van der Waals surface area (Å²) in [6.45, 7) is 0.818. The Bertz CT molecular complexity index is 423. The number of pyridine rings is 1. The van der Waals surface area contributed by atoms with E-state index in [-0.39, 0.29) is 5.91 Å². The molecule has 1 amide bonds. The zero-order valence-corrected chi connectivity index (χ0v) is 10.4. The molecule has 0 aromatic carbocycles. The summed E-state index contributed by atoms with van der Waals surface area (Å²) in [6.07, 6.45) is 6.93. The summed E-state index contributed by atoms with van der Waals surface area (Å²) in [5, 5.41) is 3.04. The highest BCUT2D eigenvalue weighted by Crippen LogP contribution is 2.48. The fourth-order valence-electron chi connectivity index (χ4n) is 2.62. The second kappa shape index (κ2) is 4.59. The van der Waals surface area contributed by atoms with Crippen molar-refractivity contribution in [1.82, 2.24) is 10.3 Å². The number of nitrogen functional groups attached to an aromatic ring is 1. The summed E-state index contributed by atoms with van der Waals surface area (Å²) < 4.78 is 0. The number of hydrogen-bond donors (Lipinski definition) is 2. The average molecular weight is 245 g/mol. The third-order valence-electron chi connectivity index (χ3n) is 4.00. The molecule has 18 heavy (non-hydrogen) atoms. The molecule has 2 fully saturated rings. The number of aromatic nitrogens is 1. The fourth-order valence-corrected chi connectivity index (χ4v) is 2.62. The predicted octanol–water partition coefficient (Wildman–Crippen LogP) is 1.83. The summed E-state index contributed by atoms with van der Waals surface area (Å²) in [5.74, 6) is 2.84. The van der Waals surface area contributed by atoms with Crippen LogP contribution >= 0.6 is 0 Å². The van der Waals surface area contributed by atoms with Crippen LogP contribution in [0.1, 0.15) is 36.0 Å². The predicted molar refractivity (Wildman–Crippen MR) is 69.9 cm³/mol. The standard InChI is InChI=1S/C14H19N3O/c15-13-6-5-11(7-16-13)14(18)17-8-12(9-1-2-9)10-3-4-10/h5-7,9-10,12H,1-4,8H2,(H2,15,16)(H,17,18). The van der Waals surface area contributed by atoms with Gasteiger partial charge >= 0.3 is 0 Å². The summed E-state index contributed by atoms with van der Waals surface area (Å²) in [7, 11) is 0. The van der Waals surface area contributed by atoms with Gasteiger partial charge < -0.3 is 11.1 Å². The zero-order chi connectivity index (χ0) is 12.5. The van der Waals surface area contributed by atoms with Crippen molar-refractivity contribution in [2.75, 3.05) is 12.3 Å². The van der Waals surface area contributed by atoms with Gasteiger partial charge in [0, 0.05) is 12.7 Å². The van der Waals surface area contributed by atoms with Crippen LogP contribution in [0.2, 0.25) is 0 Å². The molecule has 4 nitrogen and oxygen atoms in total. The molecule has 2 aliphatic rings. The molecule has 0 unspecified atom stereocenters. The first-order valence-electron chi connectivity index (χ1n) is 6.74. The lowest BCUT2D eigenvalue weighted by Gasteiger charge is -2.16. The minimum Gasteiger partial charge on any atom is -0.384 e. The first kappa shape index (κ1) is 11.5. The van der Waals surface area contributed by atoms with Gasteiger partial charge in [-0.2, -0.15) is 0 Å². The molecule has 3 N–H and O–H groups in total. The van der Waals surface area contributed by atoms with Gasteiger partial charge in [0.25, 0.3) is 5.91 Å². The van der Waals surface area contributed by atoms with Gasteiger partial charge in [0.05, 0.1) is 5.56 Å². The van der Waals surface area contributed by atoms with Gasteiger partial charge in [0.1, 0.15) is 5.82 Å². The molecule has 2 aliphatic carbocycles. The topological polar surface area (TPSA) is 68.0 Å². The number of carbonyl (C=O) groups is 1. The Morgan fingerprint density at radius 1 is 1.33 bits per heavy atom. The van der Waals surface area contributed by atoms with Gasteiger partial charge in [-0.25, -0.2) is 4.98 Å². The van der Waals surface area contributed by atoms with Crippen molar-refractivity contribution in [3.05, 3.63) is 23.9 Å². The molecule has 0 saturated heterocycles. The zero-order valence-electron chi connectivity index (χ0n) is 10.4. The second-order valence-corrected chi connectivity index (χ2v) is 5.52. The highest BCUT2D eigenvalue weighted by molar-refractivity contribution is 5.94. The molecule has 0 atom stereocenters. The van der Waals surface area contributed by atoms with Crippen LogP contribution in [0.4, 0.5) is 5.82 Å². The van der Waals surface area contributed by atoms with Crippen molar-refractivity contribution in [2.24, 2.45) is 17.8 Å². The molecule has 2 saturated carbocycles. The van der Waals surface area contributed by atoms with Gasteiger partial charge in [-0.05, 0) is 55.6 Å². The van der Waals surface area contributed by atoms with Crippen molar-refractivity contribution in [3.63, 3.8) is 0 Å². The van der Waals surface area contributed by atoms with E-state index in [0.29, 0.717) is 17.3 Å². The SMILES string of the molecule is Nc1ccc(C(=O)NCC(C2CC2)C2CC2)cn1. The minimum atomic E-state index is -0.0335. The molecule has 0 spiro atoms. The Labute approximate surface area is 107 Å². The molecule has 1 heterocycles. The molecule has 4 heteroatoms. The van der Waals surface area contributed by atoms with E-state index in [4.69, 9.17) is 5.73 Å². The van der Waals surface area contributed by atoms with Gasteiger partial charge in [-0.1, -0.05) is 0 Å². The van der Waals surface area contributed by atoms with E-state index in [0.717, 1.165) is 18.4 Å². The van der Waals surface area contributed by atoms with Crippen molar-refractivity contribution in [3.8, 4) is 0 Å². The Morgan fingerprint density at radius 2 is 2.00 bits per heavy atom. The first-order chi connectivity index (χ1) is 8.74. The third kappa shape index (κ3) is 2.63. The molecule has 1 aromatic rings. The van der Waals surface area contributed by atoms with Gasteiger partial charge in [-0.15, -0.1) is 0 Å². The molecular weight excluding hydrogens is 226 g/mol. The van der Waals surface area contributed by atoms with Crippen molar-refractivity contribution in [2.45, 2.75) is 25.7 Å². The third-order valence-corrected chi connectivity index (χ3v) is 4.00. The van der Waals surface area contributed by atoms with Crippen molar-refractivity contribution < 1.29 is 4.79 Å². The monoisotopic (exact) mass is 245 g/mol. The largest absolute Gasteiger partial charge is 0.384 e. The van der Waals surface area contributed by atoms with E-state index in [1.54, 1.807) is 12.1 Å². The Kier molecular flexibility index (Phi) is 2.94. The van der Waals surface area contributed by atoms with Gasteiger partial charge in [0.15, 0.2) is 0 Å². The van der Waals surface area contributed by atoms with E-state index in [2.05, 4.69) is 10.3 Å². The normalized spacial score (nSPS) is 18.9. The van der Waals surface area contributed by atoms with Crippen LogP contribution in [0.3, 0.4) is 0 Å². The number of nitrogens with one attached hydrogen (secondary N) is 1. The molecule has 0 bridgehead atoms. The highest BCUT2D eigenvalue weighted by Gasteiger charge is 2.41. The summed E-state index contributed by atoms with van der Waals surface area (Å²) in [4.78, 5) is 15.9. The van der Waals surface area contributed by atoms with Crippen LogP contribution in [0.15, 0.2) is 18.3 Å². The number of nitrogens with zero attached hydrogens (tertiary/aromatic N) is 1. The lowest BCUT2D eigenvalue weighted by molar-refractivity contribution is 0.0943.